The topological polar surface area (TPSA) is 34.1 Å². The molecular formula is C17H24N2OS. The number of nitrogens with one attached hydrogen (secondary N) is 1. The lowest BCUT2D eigenvalue weighted by Crippen LogP contribution is -2.32. The molecule has 2 aromatic rings. The molecule has 0 aliphatic rings. The number of methoxy groups -OCH3 is 1. The van der Waals surface area contributed by atoms with Crippen molar-refractivity contribution in [3.05, 3.63) is 46.4 Å². The second-order valence-electron chi connectivity index (χ2n) is 5.21. The van der Waals surface area contributed by atoms with E-state index >= 15 is 0 Å². The molecule has 0 radical (unpaired) electrons. The van der Waals surface area contributed by atoms with E-state index in [1.807, 2.05) is 23.8 Å². The summed E-state index contributed by atoms with van der Waals surface area (Å²) in [5.74, 6) is 0.920. The predicted octanol–water partition coefficient (Wildman–Crippen LogP) is 3.70. The average Bonchev–Trinajstić information content (AvgIpc) is 3.03. The third kappa shape index (κ3) is 5.48. The summed E-state index contributed by atoms with van der Waals surface area (Å²) in [5, 5.41) is 3.65. The van der Waals surface area contributed by atoms with Gasteiger partial charge in [0.2, 0.25) is 0 Å². The van der Waals surface area contributed by atoms with E-state index in [-0.39, 0.29) is 0 Å². The Morgan fingerprint density at radius 1 is 1.29 bits per heavy atom. The first kappa shape index (κ1) is 16.0. The van der Waals surface area contributed by atoms with Gasteiger partial charge in [0, 0.05) is 17.1 Å². The first-order valence-electron chi connectivity index (χ1n) is 7.55. The van der Waals surface area contributed by atoms with Crippen LogP contribution in [0, 0.1) is 0 Å². The number of rotatable bonds is 9. The molecule has 0 saturated carbocycles. The number of hydrogen-bond acceptors (Lipinski definition) is 4. The summed E-state index contributed by atoms with van der Waals surface area (Å²) in [5.41, 5.74) is 3.28. The highest BCUT2D eigenvalue weighted by molar-refractivity contribution is 7.09. The number of aryl methyl sites for hydroxylation is 1. The Balaban J connectivity index is 1.87. The maximum Gasteiger partial charge on any atom is 0.118 e. The van der Waals surface area contributed by atoms with Gasteiger partial charge in [0.15, 0.2) is 0 Å². The fraction of sp³-hybridized carbons (Fsp3) is 0.471. The molecule has 3 nitrogen and oxygen atoms in total. The Hall–Kier alpha value is -1.39. The van der Waals surface area contributed by atoms with Crippen LogP contribution in [0.2, 0.25) is 0 Å². The van der Waals surface area contributed by atoms with Crippen molar-refractivity contribution in [3.63, 3.8) is 0 Å². The van der Waals surface area contributed by atoms with Crippen LogP contribution in [0.15, 0.2) is 36.0 Å². The maximum absolute atomic E-state index is 5.20. The van der Waals surface area contributed by atoms with Gasteiger partial charge in [0.05, 0.1) is 12.6 Å². The van der Waals surface area contributed by atoms with Gasteiger partial charge in [-0.05, 0) is 49.9 Å². The number of benzene rings is 1. The largest absolute Gasteiger partial charge is 0.497 e. The Morgan fingerprint density at radius 3 is 2.71 bits per heavy atom. The number of hydrogen-bond donors (Lipinski definition) is 1. The molecule has 1 heterocycles. The van der Waals surface area contributed by atoms with Crippen LogP contribution in [0.1, 0.15) is 30.2 Å². The molecule has 0 spiro atoms. The van der Waals surface area contributed by atoms with Gasteiger partial charge in [-0.15, -0.1) is 11.3 Å². The van der Waals surface area contributed by atoms with Crippen molar-refractivity contribution < 1.29 is 4.74 Å². The van der Waals surface area contributed by atoms with Gasteiger partial charge in [0.1, 0.15) is 5.75 Å². The Morgan fingerprint density at radius 2 is 2.10 bits per heavy atom. The number of nitrogens with zero attached hydrogens (tertiary/aromatic N) is 1. The van der Waals surface area contributed by atoms with Crippen LogP contribution < -0.4 is 10.1 Å². The van der Waals surface area contributed by atoms with Crippen LogP contribution >= 0.6 is 11.3 Å². The Labute approximate surface area is 131 Å². The van der Waals surface area contributed by atoms with Gasteiger partial charge in [0.25, 0.3) is 0 Å². The lowest BCUT2D eigenvalue weighted by atomic mass is 10.0. The van der Waals surface area contributed by atoms with E-state index in [4.69, 9.17) is 4.74 Å². The van der Waals surface area contributed by atoms with E-state index in [1.54, 1.807) is 18.4 Å². The number of thiazole rings is 1. The zero-order chi connectivity index (χ0) is 14.9. The lowest BCUT2D eigenvalue weighted by Gasteiger charge is -2.17. The second-order valence-corrected chi connectivity index (χ2v) is 6.18. The minimum absolute atomic E-state index is 0.521. The van der Waals surface area contributed by atoms with Crippen molar-refractivity contribution in [2.75, 3.05) is 13.7 Å². The molecule has 114 valence electrons. The molecule has 0 saturated heterocycles. The molecule has 1 aromatic carbocycles. The summed E-state index contributed by atoms with van der Waals surface area (Å²) in [6, 6.07) is 8.90. The maximum atomic E-state index is 5.20. The zero-order valence-electron chi connectivity index (χ0n) is 12.8. The van der Waals surface area contributed by atoms with Crippen molar-refractivity contribution >= 4 is 11.3 Å². The molecule has 1 unspecified atom stereocenters. The van der Waals surface area contributed by atoms with E-state index < -0.39 is 0 Å². The normalized spacial score (nSPS) is 12.3. The highest BCUT2D eigenvalue weighted by Crippen LogP contribution is 2.15. The van der Waals surface area contributed by atoms with Gasteiger partial charge >= 0.3 is 0 Å². The van der Waals surface area contributed by atoms with Crippen molar-refractivity contribution in [3.8, 4) is 5.75 Å². The first-order chi connectivity index (χ1) is 10.3. The molecule has 1 atom stereocenters. The van der Waals surface area contributed by atoms with Gasteiger partial charge in [-0.2, -0.15) is 0 Å². The molecule has 0 aliphatic carbocycles. The Bertz CT molecular complexity index is 496. The smallest absolute Gasteiger partial charge is 0.118 e. The predicted molar refractivity (Wildman–Crippen MR) is 89.2 cm³/mol. The molecular weight excluding hydrogens is 280 g/mol. The summed E-state index contributed by atoms with van der Waals surface area (Å²) in [7, 11) is 1.70. The minimum Gasteiger partial charge on any atom is -0.497 e. The molecule has 1 aromatic heterocycles. The van der Waals surface area contributed by atoms with Crippen molar-refractivity contribution in [1.29, 1.82) is 0 Å². The molecule has 4 heteroatoms. The number of ether oxygens (including phenoxy) is 1. The highest BCUT2D eigenvalue weighted by Gasteiger charge is 2.10. The summed E-state index contributed by atoms with van der Waals surface area (Å²) >= 11 is 1.74. The van der Waals surface area contributed by atoms with Crippen molar-refractivity contribution in [2.45, 2.75) is 38.6 Å². The van der Waals surface area contributed by atoms with Gasteiger partial charge in [-0.1, -0.05) is 19.1 Å². The highest BCUT2D eigenvalue weighted by atomic mass is 32.1. The molecule has 0 amide bonds. The van der Waals surface area contributed by atoms with Crippen molar-refractivity contribution in [2.24, 2.45) is 0 Å². The zero-order valence-corrected chi connectivity index (χ0v) is 13.7. The summed E-state index contributed by atoms with van der Waals surface area (Å²) in [6.07, 6.45) is 6.45. The quantitative estimate of drug-likeness (QED) is 0.767. The minimum atomic E-state index is 0.521. The van der Waals surface area contributed by atoms with Crippen LogP contribution in [0.25, 0.3) is 0 Å². The van der Waals surface area contributed by atoms with Crippen LogP contribution in [0.5, 0.6) is 5.75 Å². The molecule has 21 heavy (non-hydrogen) atoms. The third-order valence-electron chi connectivity index (χ3n) is 3.55. The molecule has 0 fully saturated rings. The van der Waals surface area contributed by atoms with E-state index in [1.165, 1.54) is 16.9 Å². The van der Waals surface area contributed by atoms with E-state index in [9.17, 15) is 0 Å². The van der Waals surface area contributed by atoms with E-state index in [0.717, 1.165) is 31.6 Å². The van der Waals surface area contributed by atoms with Crippen LogP contribution in [-0.4, -0.2) is 24.7 Å². The summed E-state index contributed by atoms with van der Waals surface area (Å²) < 4.78 is 5.20. The molecule has 0 bridgehead atoms. The molecule has 1 N–H and O–H groups in total. The third-order valence-corrected chi connectivity index (χ3v) is 4.36. The lowest BCUT2D eigenvalue weighted by molar-refractivity contribution is 0.414. The van der Waals surface area contributed by atoms with Gasteiger partial charge in [-0.3, -0.25) is 4.98 Å². The van der Waals surface area contributed by atoms with E-state index in [2.05, 4.69) is 29.4 Å². The van der Waals surface area contributed by atoms with Gasteiger partial charge in [-0.25, -0.2) is 0 Å². The Kier molecular flexibility index (Phi) is 6.70. The second kappa shape index (κ2) is 8.80. The molecule has 2 rings (SSSR count). The summed E-state index contributed by atoms with van der Waals surface area (Å²) in [4.78, 5) is 5.53. The van der Waals surface area contributed by atoms with E-state index in [0.29, 0.717) is 6.04 Å². The SMILES string of the molecule is CCCNC(CCc1ccc(OC)cc1)Cc1cncs1. The number of aromatic nitrogens is 1. The summed E-state index contributed by atoms with van der Waals surface area (Å²) in [6.45, 7) is 3.28. The van der Waals surface area contributed by atoms with Crippen LogP contribution in [-0.2, 0) is 12.8 Å². The standard InChI is InChI=1S/C17H24N2OS/c1-3-10-19-15(11-17-12-18-13-21-17)7-4-14-5-8-16(20-2)9-6-14/h5-6,8-9,12-13,15,19H,3-4,7,10-11H2,1-2H3. The van der Waals surface area contributed by atoms with Crippen LogP contribution in [0.3, 0.4) is 0 Å². The average molecular weight is 304 g/mol. The molecule has 0 aliphatic heterocycles. The fourth-order valence-electron chi connectivity index (χ4n) is 2.34. The fourth-order valence-corrected chi connectivity index (χ4v) is 3.02. The van der Waals surface area contributed by atoms with Crippen LogP contribution in [0.4, 0.5) is 0 Å². The van der Waals surface area contributed by atoms with Gasteiger partial charge < -0.3 is 10.1 Å². The van der Waals surface area contributed by atoms with Crippen molar-refractivity contribution in [1.82, 2.24) is 10.3 Å². The first-order valence-corrected chi connectivity index (χ1v) is 8.43. The monoisotopic (exact) mass is 304 g/mol.